The van der Waals surface area contributed by atoms with E-state index in [0.717, 1.165) is 6.07 Å². The summed E-state index contributed by atoms with van der Waals surface area (Å²) in [5.74, 6) is -0.505. The molecule has 2 aromatic rings. The second kappa shape index (κ2) is 7.06. The Morgan fingerprint density at radius 3 is 2.27 bits per heavy atom. The Morgan fingerprint density at radius 1 is 1.04 bits per heavy atom. The molecule has 0 atom stereocenters. The lowest BCUT2D eigenvalue weighted by molar-refractivity contribution is 0.403. The maximum Gasteiger partial charge on any atom is 0.260 e. The van der Waals surface area contributed by atoms with E-state index < -0.39 is 25.9 Å². The lowest BCUT2D eigenvalue weighted by Gasteiger charge is -2.22. The van der Waals surface area contributed by atoms with Gasteiger partial charge in [-0.3, -0.25) is 0 Å². The van der Waals surface area contributed by atoms with Crippen molar-refractivity contribution in [1.29, 1.82) is 0 Å². The first kappa shape index (κ1) is 19.0. The number of nitrogens with one attached hydrogen (secondary N) is 1. The topological polar surface area (TPSA) is 103 Å². The van der Waals surface area contributed by atoms with Crippen molar-refractivity contribution in [3.63, 3.8) is 0 Å². The Morgan fingerprint density at radius 2 is 1.69 bits per heavy atom. The van der Waals surface area contributed by atoms with Gasteiger partial charge < -0.3 is 4.98 Å². The summed E-state index contributed by atoms with van der Waals surface area (Å²) in [5, 5.41) is -0.0248. The van der Waals surface area contributed by atoms with E-state index in [4.69, 9.17) is 0 Å². The van der Waals surface area contributed by atoms with Crippen molar-refractivity contribution >= 4 is 20.0 Å². The third-order valence-electron chi connectivity index (χ3n) is 4.26. The molecule has 26 heavy (non-hydrogen) atoms. The average molecular weight is 402 g/mol. The average Bonchev–Trinajstić information content (AvgIpc) is 2.99. The maximum absolute atomic E-state index is 13.3. The van der Waals surface area contributed by atoms with Gasteiger partial charge in [0.15, 0.2) is 5.03 Å². The highest BCUT2D eigenvalue weighted by Crippen LogP contribution is 2.23. The maximum atomic E-state index is 13.3. The summed E-state index contributed by atoms with van der Waals surface area (Å²) in [7, 11) is -7.58. The molecule has 0 amide bonds. The predicted octanol–water partition coefficient (Wildman–Crippen LogP) is 0.943. The largest absolute Gasteiger partial charge is 0.335 e. The molecule has 0 radical (unpaired) electrons. The minimum absolute atomic E-state index is 0.0204. The van der Waals surface area contributed by atoms with Crippen molar-refractivity contribution in [3.05, 3.63) is 42.1 Å². The molecule has 0 spiro atoms. The van der Waals surface area contributed by atoms with Gasteiger partial charge in [0, 0.05) is 26.2 Å². The van der Waals surface area contributed by atoms with Crippen LogP contribution in [0.4, 0.5) is 4.39 Å². The fourth-order valence-corrected chi connectivity index (χ4v) is 5.96. The fraction of sp³-hybridized carbons (Fsp3) is 0.400. The van der Waals surface area contributed by atoms with Gasteiger partial charge in [-0.2, -0.15) is 8.61 Å². The lowest BCUT2D eigenvalue weighted by atomic mass is 10.2. The summed E-state index contributed by atoms with van der Waals surface area (Å²) in [6.07, 6.45) is 2.85. The fourth-order valence-electron chi connectivity index (χ4n) is 2.92. The molecule has 2 heterocycles. The van der Waals surface area contributed by atoms with Crippen LogP contribution in [0.15, 0.2) is 40.6 Å². The third kappa shape index (κ3) is 3.52. The Bertz CT molecular complexity index is 991. The monoisotopic (exact) mass is 402 g/mol. The van der Waals surface area contributed by atoms with Gasteiger partial charge in [-0.1, -0.05) is 0 Å². The second-order valence-corrected chi connectivity index (χ2v) is 9.80. The number of hydrogen-bond acceptors (Lipinski definition) is 5. The van der Waals surface area contributed by atoms with Gasteiger partial charge in [-0.25, -0.2) is 26.2 Å². The van der Waals surface area contributed by atoms with E-state index in [1.54, 1.807) is 0 Å². The molecule has 1 N–H and O–H groups in total. The summed E-state index contributed by atoms with van der Waals surface area (Å²) < 4.78 is 66.6. The highest BCUT2D eigenvalue weighted by molar-refractivity contribution is 7.89. The SMILES string of the molecule is Cc1cc(F)ccc1S(=O)(=O)N1CCCN(S(=O)(=O)c2cnc[nH]2)CC1. The van der Waals surface area contributed by atoms with Gasteiger partial charge in [0.25, 0.3) is 10.0 Å². The molecule has 11 heteroatoms. The van der Waals surface area contributed by atoms with Crippen LogP contribution in [0.25, 0.3) is 0 Å². The van der Waals surface area contributed by atoms with Crippen molar-refractivity contribution in [2.45, 2.75) is 23.3 Å². The zero-order chi connectivity index (χ0) is 18.9. The number of aromatic amines is 1. The molecule has 1 aliphatic rings. The van der Waals surface area contributed by atoms with Crippen molar-refractivity contribution in [3.8, 4) is 0 Å². The number of imidazole rings is 1. The molecule has 142 valence electrons. The van der Waals surface area contributed by atoms with Crippen molar-refractivity contribution < 1.29 is 21.2 Å². The van der Waals surface area contributed by atoms with Crippen LogP contribution >= 0.6 is 0 Å². The minimum atomic E-state index is -3.83. The van der Waals surface area contributed by atoms with Gasteiger partial charge in [0.2, 0.25) is 10.0 Å². The Kier molecular flexibility index (Phi) is 5.15. The van der Waals surface area contributed by atoms with E-state index in [1.807, 2.05) is 0 Å². The zero-order valence-corrected chi connectivity index (χ0v) is 15.7. The van der Waals surface area contributed by atoms with E-state index in [-0.39, 0.29) is 36.1 Å². The molecule has 1 fully saturated rings. The molecule has 1 aliphatic heterocycles. The van der Waals surface area contributed by atoms with Crippen LogP contribution < -0.4 is 0 Å². The number of halogens is 1. The zero-order valence-electron chi connectivity index (χ0n) is 14.1. The van der Waals surface area contributed by atoms with Gasteiger partial charge in [0.05, 0.1) is 17.4 Å². The van der Waals surface area contributed by atoms with Crippen molar-refractivity contribution in [2.24, 2.45) is 0 Å². The summed E-state index contributed by atoms with van der Waals surface area (Å²) in [6, 6.07) is 3.51. The van der Waals surface area contributed by atoms with E-state index >= 15 is 0 Å². The van der Waals surface area contributed by atoms with E-state index in [1.165, 1.54) is 40.2 Å². The Labute approximate surface area is 151 Å². The van der Waals surface area contributed by atoms with E-state index in [2.05, 4.69) is 9.97 Å². The van der Waals surface area contributed by atoms with Crippen LogP contribution in [0, 0.1) is 12.7 Å². The first-order chi connectivity index (χ1) is 12.2. The lowest BCUT2D eigenvalue weighted by Crippen LogP contribution is -2.37. The van der Waals surface area contributed by atoms with Crippen LogP contribution in [0.2, 0.25) is 0 Å². The molecule has 0 saturated carbocycles. The highest BCUT2D eigenvalue weighted by atomic mass is 32.2. The Hall–Kier alpha value is -1.82. The molecule has 8 nitrogen and oxygen atoms in total. The highest BCUT2D eigenvalue weighted by Gasteiger charge is 2.32. The molecular weight excluding hydrogens is 383 g/mol. The third-order valence-corrected chi connectivity index (χ3v) is 8.14. The standard InChI is InChI=1S/C15H19FN4O4S2/c1-12-9-13(16)3-4-14(12)25(21,22)19-5-2-6-20(8-7-19)26(23,24)15-10-17-11-18-15/h3-4,9-11H,2,5-8H2,1H3,(H,17,18). The molecular formula is C15H19FN4O4S2. The summed E-state index contributed by atoms with van der Waals surface area (Å²) in [6.45, 7) is 1.97. The predicted molar refractivity (Wildman–Crippen MR) is 91.9 cm³/mol. The normalized spacial score (nSPS) is 17.9. The van der Waals surface area contributed by atoms with Crippen LogP contribution in [0.1, 0.15) is 12.0 Å². The van der Waals surface area contributed by atoms with Crippen molar-refractivity contribution in [2.75, 3.05) is 26.2 Å². The number of sulfonamides is 2. The molecule has 3 rings (SSSR count). The number of H-pyrrole nitrogens is 1. The molecule has 0 bridgehead atoms. The quantitative estimate of drug-likeness (QED) is 0.820. The summed E-state index contributed by atoms with van der Waals surface area (Å²) in [5.41, 5.74) is 0.316. The number of benzene rings is 1. The first-order valence-corrected chi connectivity index (χ1v) is 10.9. The number of nitrogens with zero attached hydrogens (tertiary/aromatic N) is 3. The molecule has 1 aromatic heterocycles. The van der Waals surface area contributed by atoms with Crippen LogP contribution in [0.5, 0.6) is 0 Å². The van der Waals surface area contributed by atoms with Crippen LogP contribution in [-0.2, 0) is 20.0 Å². The summed E-state index contributed by atoms with van der Waals surface area (Å²) >= 11 is 0. The minimum Gasteiger partial charge on any atom is -0.335 e. The van der Waals surface area contributed by atoms with Gasteiger partial charge in [-0.05, 0) is 37.1 Å². The van der Waals surface area contributed by atoms with Crippen molar-refractivity contribution in [1.82, 2.24) is 18.6 Å². The number of aromatic nitrogens is 2. The van der Waals surface area contributed by atoms with Crippen LogP contribution in [-0.4, -0.2) is 61.6 Å². The van der Waals surface area contributed by atoms with Crippen LogP contribution in [0.3, 0.4) is 0 Å². The molecule has 1 aromatic carbocycles. The molecule has 0 unspecified atom stereocenters. The summed E-state index contributed by atoms with van der Waals surface area (Å²) in [4.78, 5) is 6.32. The van der Waals surface area contributed by atoms with E-state index in [9.17, 15) is 21.2 Å². The smallest absolute Gasteiger partial charge is 0.260 e. The van der Waals surface area contributed by atoms with E-state index in [0.29, 0.717) is 12.0 Å². The van der Waals surface area contributed by atoms with Gasteiger partial charge >= 0.3 is 0 Å². The first-order valence-electron chi connectivity index (χ1n) is 7.98. The molecule has 0 aliphatic carbocycles. The number of rotatable bonds is 4. The molecule has 1 saturated heterocycles. The second-order valence-electron chi connectivity index (χ2n) is 5.99. The van der Waals surface area contributed by atoms with Gasteiger partial charge in [-0.15, -0.1) is 0 Å². The number of aryl methyl sites for hydroxylation is 1. The number of hydrogen-bond donors (Lipinski definition) is 1. The van der Waals surface area contributed by atoms with Gasteiger partial charge in [0.1, 0.15) is 5.82 Å². The Balaban J connectivity index is 1.82.